The summed E-state index contributed by atoms with van der Waals surface area (Å²) in [4.78, 5) is 13.7. The molecule has 4 heterocycles. The van der Waals surface area contributed by atoms with Gasteiger partial charge < -0.3 is 9.80 Å². The van der Waals surface area contributed by atoms with Crippen LogP contribution in [-0.2, 0) is 6.42 Å². The molecule has 148 valence electrons. The van der Waals surface area contributed by atoms with E-state index in [4.69, 9.17) is 0 Å². The Morgan fingerprint density at radius 1 is 1.00 bits per heavy atom. The molecule has 4 nitrogen and oxygen atoms in total. The summed E-state index contributed by atoms with van der Waals surface area (Å²) in [6, 6.07) is 16.1. The Balaban J connectivity index is 1.49. The predicted octanol–water partition coefficient (Wildman–Crippen LogP) is 4.38. The van der Waals surface area contributed by atoms with E-state index in [1.165, 1.54) is 47.3 Å². The van der Waals surface area contributed by atoms with Gasteiger partial charge in [-0.05, 0) is 85.4 Å². The number of anilines is 1. The fourth-order valence-electron chi connectivity index (χ4n) is 5.10. The van der Waals surface area contributed by atoms with Crippen molar-refractivity contribution in [2.75, 3.05) is 31.6 Å². The second kappa shape index (κ2) is 7.96. The van der Waals surface area contributed by atoms with Crippen molar-refractivity contribution in [1.29, 1.82) is 0 Å². The van der Waals surface area contributed by atoms with Crippen molar-refractivity contribution >= 4 is 5.69 Å². The van der Waals surface area contributed by atoms with Gasteiger partial charge in [-0.2, -0.15) is 0 Å². The van der Waals surface area contributed by atoms with Gasteiger partial charge in [-0.1, -0.05) is 12.1 Å². The highest BCUT2D eigenvalue weighted by Gasteiger charge is 2.39. The van der Waals surface area contributed by atoms with E-state index in [9.17, 15) is 0 Å². The number of fused-ring (bicyclic) bond motifs is 3. The van der Waals surface area contributed by atoms with Gasteiger partial charge in [-0.3, -0.25) is 9.97 Å². The number of hydrogen-bond acceptors (Lipinski definition) is 4. The highest BCUT2D eigenvalue weighted by atomic mass is 15.2. The Morgan fingerprint density at radius 2 is 1.90 bits per heavy atom. The lowest BCUT2D eigenvalue weighted by Crippen LogP contribution is -2.37. The van der Waals surface area contributed by atoms with Crippen LogP contribution in [0.25, 0.3) is 11.1 Å². The highest BCUT2D eigenvalue weighted by Crippen LogP contribution is 2.45. The second-order valence-electron chi connectivity index (χ2n) is 8.39. The minimum Gasteiger partial charge on any atom is -0.367 e. The maximum Gasteiger partial charge on any atom is 0.0406 e. The van der Waals surface area contributed by atoms with Gasteiger partial charge in [-0.15, -0.1) is 0 Å². The van der Waals surface area contributed by atoms with Crippen LogP contribution in [0.5, 0.6) is 0 Å². The first kappa shape index (κ1) is 18.3. The van der Waals surface area contributed by atoms with Crippen molar-refractivity contribution in [3.8, 4) is 11.1 Å². The number of rotatable bonds is 4. The Morgan fingerprint density at radius 3 is 2.72 bits per heavy atom. The summed E-state index contributed by atoms with van der Waals surface area (Å²) in [5.41, 5.74) is 6.80. The predicted molar refractivity (Wildman–Crippen MR) is 118 cm³/mol. The van der Waals surface area contributed by atoms with Crippen LogP contribution in [0, 0.1) is 0 Å². The standard InChI is InChI=1S/C25H28N4/c1-28-14-3-5-24-23(18-28)22-16-21(20-8-12-26-13-9-20)6-7-25(22)29(24)15-10-19-4-2-11-27-17-19/h2,4,6-9,11-13,16-17,23-24H,3,5,10,14-15,18H2,1H3/t23-,24?/m0/s1. The number of hydrogen-bond donors (Lipinski definition) is 0. The fraction of sp³-hybridized carbons (Fsp3) is 0.360. The van der Waals surface area contributed by atoms with Crippen LogP contribution in [0.1, 0.15) is 29.9 Å². The molecule has 0 bridgehead atoms. The van der Waals surface area contributed by atoms with Crippen molar-refractivity contribution in [2.24, 2.45) is 0 Å². The van der Waals surface area contributed by atoms with E-state index in [-0.39, 0.29) is 0 Å². The average Bonchev–Trinajstić information content (AvgIpc) is 2.91. The SMILES string of the molecule is CN1CCCC2[C@@H](C1)c1cc(-c3ccncc3)ccc1N2CCc1cccnc1. The van der Waals surface area contributed by atoms with Crippen molar-refractivity contribution < 1.29 is 0 Å². The lowest BCUT2D eigenvalue weighted by molar-refractivity contribution is 0.330. The molecule has 1 saturated heterocycles. The van der Waals surface area contributed by atoms with Gasteiger partial charge in [0.1, 0.15) is 0 Å². The molecule has 0 aliphatic carbocycles. The third-order valence-electron chi connectivity index (χ3n) is 6.53. The molecule has 2 aliphatic heterocycles. The zero-order valence-electron chi connectivity index (χ0n) is 17.0. The molecule has 5 rings (SSSR count). The monoisotopic (exact) mass is 384 g/mol. The lowest BCUT2D eigenvalue weighted by Gasteiger charge is -2.29. The fourth-order valence-corrected chi connectivity index (χ4v) is 5.10. The summed E-state index contributed by atoms with van der Waals surface area (Å²) in [5, 5.41) is 0. The van der Waals surface area contributed by atoms with Crippen LogP contribution >= 0.6 is 0 Å². The van der Waals surface area contributed by atoms with Gasteiger partial charge in [0.15, 0.2) is 0 Å². The van der Waals surface area contributed by atoms with Gasteiger partial charge in [0.25, 0.3) is 0 Å². The molecule has 2 aromatic heterocycles. The first-order chi connectivity index (χ1) is 14.3. The van der Waals surface area contributed by atoms with Crippen LogP contribution < -0.4 is 4.90 Å². The number of benzene rings is 1. The van der Waals surface area contributed by atoms with Gasteiger partial charge in [0.2, 0.25) is 0 Å². The third kappa shape index (κ3) is 3.65. The number of likely N-dealkylation sites (tertiary alicyclic amines) is 1. The Labute approximate surface area is 173 Å². The number of pyridine rings is 2. The van der Waals surface area contributed by atoms with Gasteiger partial charge in [0, 0.05) is 55.5 Å². The molecule has 2 atom stereocenters. The number of nitrogens with zero attached hydrogens (tertiary/aromatic N) is 4. The van der Waals surface area contributed by atoms with Gasteiger partial charge >= 0.3 is 0 Å². The first-order valence-electron chi connectivity index (χ1n) is 10.7. The Bertz CT molecular complexity index is 957. The van der Waals surface area contributed by atoms with Crippen molar-refractivity contribution in [1.82, 2.24) is 14.9 Å². The molecule has 29 heavy (non-hydrogen) atoms. The lowest BCUT2D eigenvalue weighted by atomic mass is 9.91. The molecule has 1 fully saturated rings. The summed E-state index contributed by atoms with van der Waals surface area (Å²) in [5.74, 6) is 0.577. The van der Waals surface area contributed by atoms with E-state index in [2.05, 4.69) is 63.2 Å². The smallest absolute Gasteiger partial charge is 0.0406 e. The van der Waals surface area contributed by atoms with Crippen LogP contribution in [0.15, 0.2) is 67.3 Å². The van der Waals surface area contributed by atoms with E-state index < -0.39 is 0 Å². The zero-order valence-corrected chi connectivity index (χ0v) is 17.0. The van der Waals surface area contributed by atoms with E-state index in [0.29, 0.717) is 12.0 Å². The van der Waals surface area contributed by atoms with Gasteiger partial charge in [-0.25, -0.2) is 0 Å². The third-order valence-corrected chi connectivity index (χ3v) is 6.53. The van der Waals surface area contributed by atoms with E-state index in [1.54, 1.807) is 0 Å². The first-order valence-corrected chi connectivity index (χ1v) is 10.7. The molecular weight excluding hydrogens is 356 g/mol. The molecule has 3 aromatic rings. The Hall–Kier alpha value is -2.72. The molecule has 1 unspecified atom stereocenters. The number of aromatic nitrogens is 2. The van der Waals surface area contributed by atoms with Crippen LogP contribution in [0.4, 0.5) is 5.69 Å². The summed E-state index contributed by atoms with van der Waals surface area (Å²) in [6.07, 6.45) is 11.2. The molecule has 0 spiro atoms. The molecular formula is C25H28N4. The van der Waals surface area contributed by atoms with E-state index in [0.717, 1.165) is 19.5 Å². The molecule has 4 heteroatoms. The minimum absolute atomic E-state index is 0.577. The van der Waals surface area contributed by atoms with Crippen molar-refractivity contribution in [3.63, 3.8) is 0 Å². The highest BCUT2D eigenvalue weighted by molar-refractivity contribution is 5.72. The molecule has 0 amide bonds. The van der Waals surface area contributed by atoms with Crippen molar-refractivity contribution in [2.45, 2.75) is 31.2 Å². The molecule has 2 aliphatic rings. The molecule has 1 aromatic carbocycles. The zero-order chi connectivity index (χ0) is 19.6. The summed E-state index contributed by atoms with van der Waals surface area (Å²) >= 11 is 0. The maximum atomic E-state index is 4.30. The quantitative estimate of drug-likeness (QED) is 0.668. The second-order valence-corrected chi connectivity index (χ2v) is 8.39. The van der Waals surface area contributed by atoms with Crippen LogP contribution in [0.2, 0.25) is 0 Å². The molecule has 0 saturated carbocycles. The largest absolute Gasteiger partial charge is 0.367 e. The Kier molecular flexibility index (Phi) is 5.03. The maximum absolute atomic E-state index is 4.30. The molecule has 0 radical (unpaired) electrons. The summed E-state index contributed by atoms with van der Waals surface area (Å²) < 4.78 is 0. The normalized spacial score (nSPS) is 21.5. The van der Waals surface area contributed by atoms with Crippen molar-refractivity contribution in [3.05, 3.63) is 78.4 Å². The minimum atomic E-state index is 0.577. The topological polar surface area (TPSA) is 32.3 Å². The molecule has 0 N–H and O–H groups in total. The van der Waals surface area contributed by atoms with Crippen LogP contribution in [-0.4, -0.2) is 47.6 Å². The summed E-state index contributed by atoms with van der Waals surface area (Å²) in [7, 11) is 2.27. The average molecular weight is 385 g/mol. The van der Waals surface area contributed by atoms with E-state index in [1.807, 2.05) is 30.9 Å². The van der Waals surface area contributed by atoms with Crippen LogP contribution in [0.3, 0.4) is 0 Å². The number of likely N-dealkylation sites (N-methyl/N-ethyl adjacent to an activating group) is 1. The summed E-state index contributed by atoms with van der Waals surface area (Å²) in [6.45, 7) is 3.39. The van der Waals surface area contributed by atoms with E-state index >= 15 is 0 Å². The van der Waals surface area contributed by atoms with Gasteiger partial charge in [0.05, 0.1) is 0 Å².